The van der Waals surface area contributed by atoms with Crippen LogP contribution >= 0.6 is 0 Å². The number of benzene rings is 1. The van der Waals surface area contributed by atoms with E-state index in [1.807, 2.05) is 6.07 Å². The summed E-state index contributed by atoms with van der Waals surface area (Å²) >= 11 is 0. The summed E-state index contributed by atoms with van der Waals surface area (Å²) in [5.74, 6) is -0.739. The van der Waals surface area contributed by atoms with E-state index in [-0.39, 0.29) is 49.4 Å². The van der Waals surface area contributed by atoms with Gasteiger partial charge in [0.05, 0.1) is 12.6 Å². The molecule has 2 rings (SSSR count). The molecule has 8 nitrogen and oxygen atoms in total. The molecule has 0 saturated heterocycles. The van der Waals surface area contributed by atoms with Crippen molar-refractivity contribution in [1.29, 1.82) is 5.26 Å². The van der Waals surface area contributed by atoms with Crippen molar-refractivity contribution in [1.82, 2.24) is 9.97 Å². The Morgan fingerprint density at radius 2 is 2.03 bits per heavy atom. The number of ether oxygens (including phenoxy) is 2. The molecule has 0 unspecified atom stereocenters. The lowest BCUT2D eigenvalue weighted by Crippen LogP contribution is -2.38. The fraction of sp³-hybridized carbons (Fsp3) is 0.400. The van der Waals surface area contributed by atoms with Gasteiger partial charge >= 0.3 is 6.36 Å². The molecule has 168 valence electrons. The van der Waals surface area contributed by atoms with Crippen LogP contribution in [0.15, 0.2) is 24.3 Å². The van der Waals surface area contributed by atoms with Crippen molar-refractivity contribution in [2.75, 3.05) is 24.3 Å². The molecule has 1 aromatic carbocycles. The Hall–Kier alpha value is -3.55. The second-order valence-electron chi connectivity index (χ2n) is 6.26. The summed E-state index contributed by atoms with van der Waals surface area (Å²) in [5.41, 5.74) is 6.06. The van der Waals surface area contributed by atoms with Crippen LogP contribution < -0.4 is 20.1 Å². The highest BCUT2D eigenvalue weighted by Gasteiger charge is 2.31. The zero-order chi connectivity index (χ0) is 22.5. The van der Waals surface area contributed by atoms with Crippen molar-refractivity contribution >= 4 is 17.5 Å². The summed E-state index contributed by atoms with van der Waals surface area (Å²) < 4.78 is 46.4. The number of likely N-dealkylation sites (N-methyl/N-ethyl adjacent to an activating group) is 1. The van der Waals surface area contributed by atoms with E-state index in [4.69, 9.17) is 10.5 Å². The van der Waals surface area contributed by atoms with E-state index >= 15 is 0 Å². The third-order valence-corrected chi connectivity index (χ3v) is 4.16. The molecule has 2 N–H and O–H groups in total. The van der Waals surface area contributed by atoms with E-state index in [1.54, 1.807) is 20.9 Å². The van der Waals surface area contributed by atoms with Crippen molar-refractivity contribution < 1.29 is 27.4 Å². The smallest absolute Gasteiger partial charge is 0.477 e. The zero-order valence-electron chi connectivity index (χ0n) is 16.5. The average molecular weight is 439 g/mol. The van der Waals surface area contributed by atoms with Crippen LogP contribution in [-0.4, -0.2) is 41.8 Å². The van der Waals surface area contributed by atoms with Crippen molar-refractivity contribution in [2.45, 2.75) is 40.1 Å². The number of nitrogen functional groups attached to an aromatic ring is 1. The van der Waals surface area contributed by atoms with Crippen LogP contribution in [0.3, 0.4) is 0 Å². The van der Waals surface area contributed by atoms with Crippen molar-refractivity contribution in [2.24, 2.45) is 0 Å². The lowest BCUT2D eigenvalue weighted by Gasteiger charge is -2.26. The van der Waals surface area contributed by atoms with Gasteiger partial charge in [-0.15, -0.1) is 13.2 Å². The van der Waals surface area contributed by atoms with Gasteiger partial charge in [-0.1, -0.05) is 19.6 Å². The molecule has 0 bridgehead atoms. The molecule has 1 atom stereocenters. The largest absolute Gasteiger partial charge is 0.573 e. The molecule has 1 aromatic heterocycles. The highest BCUT2D eigenvalue weighted by Crippen LogP contribution is 2.28. The summed E-state index contributed by atoms with van der Waals surface area (Å²) in [4.78, 5) is 22.1. The number of rotatable bonds is 8. The molecule has 0 radical (unpaired) electrons. The summed E-state index contributed by atoms with van der Waals surface area (Å²) in [6.45, 7) is 3.54. The second-order valence-corrected chi connectivity index (χ2v) is 6.26. The number of carbonyl (C=O) groups is 1. The molecular weight excluding hydrogens is 415 g/mol. The number of alkyl halides is 3. The van der Waals surface area contributed by atoms with E-state index in [1.165, 1.54) is 17.0 Å². The molecule has 31 heavy (non-hydrogen) atoms. The first-order valence-corrected chi connectivity index (χ1v) is 8.86. The van der Waals surface area contributed by atoms with E-state index in [9.17, 15) is 23.2 Å². The van der Waals surface area contributed by atoms with Gasteiger partial charge in [-0.05, 0) is 31.5 Å². The van der Waals surface area contributed by atoms with E-state index < -0.39 is 18.2 Å². The number of hydrogen-bond acceptors (Lipinski definition) is 8. The Bertz CT molecular complexity index is 960. The van der Waals surface area contributed by atoms with E-state index in [0.717, 1.165) is 12.1 Å². The van der Waals surface area contributed by atoms with Crippen LogP contribution in [0.2, 0.25) is 0 Å². The maximum atomic E-state index is 12.7. The van der Waals surface area contributed by atoms with Gasteiger partial charge in [-0.25, -0.2) is 0 Å². The molecular formula is C20H24F3N5O3. The first kappa shape index (κ1) is 25.5. The maximum Gasteiger partial charge on any atom is 0.573 e. The minimum atomic E-state index is -4.82. The van der Waals surface area contributed by atoms with Crippen LogP contribution in [0.4, 0.5) is 24.9 Å². The van der Waals surface area contributed by atoms with Gasteiger partial charge in [0.25, 0.3) is 0 Å². The number of ketones is 1. The number of carbonyl (C=O) groups excluding carboxylic acids is 1. The van der Waals surface area contributed by atoms with Gasteiger partial charge in [-0.3, -0.25) is 4.79 Å². The molecule has 0 amide bonds. The number of Topliss-reactive ketones (excluding diaryl/α,β-unsaturated/α-hetero) is 1. The number of nitriles is 1. The third-order valence-electron chi connectivity index (χ3n) is 4.16. The predicted octanol–water partition coefficient (Wildman–Crippen LogP) is 3.50. The Labute approximate surface area is 178 Å². The van der Waals surface area contributed by atoms with Gasteiger partial charge in [0, 0.05) is 13.5 Å². The van der Waals surface area contributed by atoms with Gasteiger partial charge in [0.1, 0.15) is 11.8 Å². The van der Waals surface area contributed by atoms with Gasteiger partial charge < -0.3 is 20.1 Å². The Morgan fingerprint density at radius 1 is 1.35 bits per heavy atom. The van der Waals surface area contributed by atoms with E-state index in [0.29, 0.717) is 5.56 Å². The molecule has 1 heterocycles. The zero-order valence-corrected chi connectivity index (χ0v) is 16.5. The number of anilines is 2. The standard InChI is InChI=1S/C19H20F3N5O3.CH4/c1-4-29-17-14(10-23)16(25-18(24)26-17)27(3)11(2)15(28)9-12-6-5-7-13(8-12)30-19(20,21)22;/h5-8,11H,4,9H2,1-3H3,(H2,24,25,26);1H4/t11-;/m0./s1. The highest BCUT2D eigenvalue weighted by atomic mass is 19.4. The Balaban J connectivity index is 0.00000480. The monoisotopic (exact) mass is 439 g/mol. The highest BCUT2D eigenvalue weighted by molar-refractivity contribution is 5.89. The quantitative estimate of drug-likeness (QED) is 0.665. The summed E-state index contributed by atoms with van der Waals surface area (Å²) in [7, 11) is 1.55. The molecule has 11 heteroatoms. The van der Waals surface area contributed by atoms with Gasteiger partial charge in [-0.2, -0.15) is 15.2 Å². The second kappa shape index (κ2) is 10.5. The summed E-state index contributed by atoms with van der Waals surface area (Å²) in [6, 6.07) is 6.36. The average Bonchev–Trinajstić information content (AvgIpc) is 2.65. The van der Waals surface area contributed by atoms with Crippen LogP contribution in [-0.2, 0) is 11.2 Å². The molecule has 0 spiro atoms. The number of halogens is 3. The molecule has 0 saturated carbocycles. The van der Waals surface area contributed by atoms with Crippen LogP contribution in [0.25, 0.3) is 0 Å². The molecule has 0 aliphatic rings. The van der Waals surface area contributed by atoms with Gasteiger partial charge in [0.15, 0.2) is 17.2 Å². The fourth-order valence-electron chi connectivity index (χ4n) is 2.64. The maximum absolute atomic E-state index is 12.7. The lowest BCUT2D eigenvalue weighted by molar-refractivity contribution is -0.274. The van der Waals surface area contributed by atoms with Crippen molar-refractivity contribution in [3.8, 4) is 17.7 Å². The number of nitrogens with zero attached hydrogens (tertiary/aromatic N) is 4. The Kier molecular flexibility index (Phi) is 8.61. The third kappa shape index (κ3) is 6.74. The first-order chi connectivity index (χ1) is 14.1. The topological polar surface area (TPSA) is 114 Å². The predicted molar refractivity (Wildman–Crippen MR) is 109 cm³/mol. The van der Waals surface area contributed by atoms with E-state index in [2.05, 4.69) is 14.7 Å². The van der Waals surface area contributed by atoms with Crippen LogP contribution in [0, 0.1) is 11.3 Å². The molecule has 0 aliphatic heterocycles. The summed E-state index contributed by atoms with van der Waals surface area (Å²) in [5, 5.41) is 9.48. The first-order valence-electron chi connectivity index (χ1n) is 8.86. The SMILES string of the molecule is C.CCOc1nc(N)nc(N(C)[C@@H](C)C(=O)Cc2cccc(OC(F)(F)F)c2)c1C#N. The van der Waals surface area contributed by atoms with Gasteiger partial charge in [0.2, 0.25) is 11.8 Å². The number of hydrogen-bond donors (Lipinski definition) is 1. The summed E-state index contributed by atoms with van der Waals surface area (Å²) in [6.07, 6.45) is -4.98. The normalized spacial score (nSPS) is 11.6. The molecule has 0 fully saturated rings. The lowest BCUT2D eigenvalue weighted by atomic mass is 10.0. The minimum Gasteiger partial charge on any atom is -0.477 e. The number of aromatic nitrogens is 2. The Morgan fingerprint density at radius 3 is 2.61 bits per heavy atom. The van der Waals surface area contributed by atoms with Crippen LogP contribution in [0.5, 0.6) is 11.6 Å². The number of nitrogens with two attached hydrogens (primary N) is 1. The molecule has 0 aliphatic carbocycles. The van der Waals surface area contributed by atoms with Crippen LogP contribution in [0.1, 0.15) is 32.4 Å². The minimum absolute atomic E-state index is 0. The van der Waals surface area contributed by atoms with Crippen molar-refractivity contribution in [3.63, 3.8) is 0 Å². The molecule has 2 aromatic rings. The fourth-order valence-corrected chi connectivity index (χ4v) is 2.64. The van der Waals surface area contributed by atoms with Crippen molar-refractivity contribution in [3.05, 3.63) is 35.4 Å².